The largest absolute Gasteiger partial charge is 0.492 e. The second-order valence-corrected chi connectivity index (χ2v) is 13.7. The Hall–Kier alpha value is -2.04. The molecule has 1 aliphatic heterocycles. The first-order chi connectivity index (χ1) is 18.5. The van der Waals surface area contributed by atoms with E-state index in [1.807, 2.05) is 18.2 Å². The van der Waals surface area contributed by atoms with Gasteiger partial charge in [-0.15, -0.1) is 4.99 Å². The average molecular weight is 785 g/mol. The highest BCUT2D eigenvalue weighted by Crippen LogP contribution is 2.24. The van der Waals surface area contributed by atoms with E-state index in [-0.39, 0.29) is 31.9 Å². The predicted octanol–water partition coefficient (Wildman–Crippen LogP) is 5.78. The molecule has 0 radical (unpaired) electrons. The summed E-state index contributed by atoms with van der Waals surface area (Å²) in [7, 11) is 3.28. The Bertz CT molecular complexity index is 1070. The summed E-state index contributed by atoms with van der Waals surface area (Å²) in [5, 5.41) is 0. The van der Waals surface area contributed by atoms with Crippen molar-refractivity contribution in [2.24, 2.45) is 4.99 Å². The van der Waals surface area contributed by atoms with Gasteiger partial charge in [0.2, 0.25) is 5.96 Å². The van der Waals surface area contributed by atoms with Gasteiger partial charge in [-0.3, -0.25) is 0 Å². The van der Waals surface area contributed by atoms with Crippen molar-refractivity contribution in [1.29, 1.82) is 0 Å². The smallest absolute Gasteiger partial charge is 0.437 e. The zero-order chi connectivity index (χ0) is 30.3. The first kappa shape index (κ1) is 34.2. The van der Waals surface area contributed by atoms with Crippen LogP contribution in [0.25, 0.3) is 0 Å². The molecule has 1 saturated heterocycles. The number of urea groups is 1. The average Bonchev–Trinajstić information content (AvgIpc) is 2.80. The highest BCUT2D eigenvalue weighted by Gasteiger charge is 2.35. The van der Waals surface area contributed by atoms with E-state index >= 15 is 0 Å². The molecule has 40 heavy (non-hydrogen) atoms. The summed E-state index contributed by atoms with van der Waals surface area (Å²) in [4.78, 5) is 49.1. The fourth-order valence-electron chi connectivity index (χ4n) is 3.65. The molecule has 0 aliphatic carbocycles. The number of nitrogens with zero attached hydrogens (tertiary/aromatic N) is 5. The maximum Gasteiger partial charge on any atom is 0.437 e. The minimum absolute atomic E-state index is 0.0446. The summed E-state index contributed by atoms with van der Waals surface area (Å²) in [5.41, 5.74) is -0.603. The number of benzene rings is 1. The molecule has 0 spiro atoms. The van der Waals surface area contributed by atoms with Gasteiger partial charge in [-0.05, 0) is 94.7 Å². The normalized spacial score (nSPS) is 14.8. The molecule has 0 bridgehead atoms. The summed E-state index contributed by atoms with van der Waals surface area (Å²) in [5.74, 6) is 0.859. The van der Waals surface area contributed by atoms with E-state index in [2.05, 4.69) is 50.2 Å². The summed E-state index contributed by atoms with van der Waals surface area (Å²) >= 11 is 4.56. The van der Waals surface area contributed by atoms with Gasteiger partial charge >= 0.3 is 18.2 Å². The number of aliphatic imine (C=N–C) groups is 1. The number of amides is 4. The van der Waals surface area contributed by atoms with Crippen LogP contribution in [-0.4, -0.2) is 100.0 Å². The lowest BCUT2D eigenvalue weighted by molar-refractivity contribution is 0.0314. The minimum atomic E-state index is -0.846. The Morgan fingerprint density at radius 3 is 2.15 bits per heavy atom. The number of hydrogen-bond donors (Lipinski definition) is 0. The third kappa shape index (κ3) is 11.1. The van der Waals surface area contributed by atoms with Crippen LogP contribution in [0.15, 0.2) is 23.2 Å². The van der Waals surface area contributed by atoms with Gasteiger partial charge in [0.1, 0.15) is 17.0 Å². The van der Waals surface area contributed by atoms with Crippen LogP contribution in [0.3, 0.4) is 0 Å². The van der Waals surface area contributed by atoms with E-state index in [1.54, 1.807) is 60.5 Å². The zero-order valence-electron chi connectivity index (χ0n) is 24.6. The highest BCUT2D eigenvalue weighted by molar-refractivity contribution is 14.1. The van der Waals surface area contributed by atoms with Crippen LogP contribution in [0.1, 0.15) is 53.5 Å². The molecule has 0 aromatic heterocycles. The molecular weight excluding hydrogens is 744 g/mol. The molecule has 1 fully saturated rings. The van der Waals surface area contributed by atoms with Crippen molar-refractivity contribution in [2.75, 3.05) is 45.0 Å². The van der Waals surface area contributed by atoms with Crippen molar-refractivity contribution in [3.63, 3.8) is 0 Å². The molecule has 224 valence electrons. The van der Waals surface area contributed by atoms with Gasteiger partial charge in [-0.2, -0.15) is 0 Å². The van der Waals surface area contributed by atoms with Gasteiger partial charge in [0, 0.05) is 25.1 Å². The van der Waals surface area contributed by atoms with Crippen LogP contribution in [0, 0.1) is 3.57 Å². The lowest BCUT2D eigenvalue weighted by Gasteiger charge is -2.42. The van der Waals surface area contributed by atoms with E-state index in [9.17, 15) is 14.4 Å². The van der Waals surface area contributed by atoms with Gasteiger partial charge in [0.05, 0.1) is 23.5 Å². The van der Waals surface area contributed by atoms with Crippen molar-refractivity contribution < 1.29 is 28.6 Å². The molecule has 0 saturated carbocycles. The monoisotopic (exact) mass is 785 g/mol. The Morgan fingerprint density at radius 2 is 1.62 bits per heavy atom. The summed E-state index contributed by atoms with van der Waals surface area (Å²) < 4.78 is 19.0. The van der Waals surface area contributed by atoms with Gasteiger partial charge in [-0.25, -0.2) is 19.3 Å². The van der Waals surface area contributed by atoms with Crippen LogP contribution in [0.4, 0.5) is 14.4 Å². The lowest BCUT2D eigenvalue weighted by atomic mass is 10.1. The van der Waals surface area contributed by atoms with Crippen LogP contribution in [-0.2, 0) is 15.9 Å². The second-order valence-electron chi connectivity index (χ2n) is 11.4. The summed E-state index contributed by atoms with van der Waals surface area (Å²) in [6, 6.07) is 5.71. The van der Waals surface area contributed by atoms with Crippen LogP contribution in [0.2, 0.25) is 0 Å². The third-order valence-corrected chi connectivity index (χ3v) is 6.90. The summed E-state index contributed by atoms with van der Waals surface area (Å²) in [6.45, 7) is 11.6. The van der Waals surface area contributed by atoms with Crippen molar-refractivity contribution in [3.8, 4) is 5.75 Å². The van der Waals surface area contributed by atoms with E-state index in [0.717, 1.165) is 25.7 Å². The van der Waals surface area contributed by atoms with Crippen molar-refractivity contribution in [1.82, 2.24) is 19.6 Å². The zero-order valence-corrected chi connectivity index (χ0v) is 28.9. The number of carbonyl (C=O) groups is 3. The van der Waals surface area contributed by atoms with E-state index < -0.39 is 23.4 Å². The number of carbonyl (C=O) groups excluding carboxylic acids is 3. The maximum absolute atomic E-state index is 13.6. The molecule has 1 aromatic rings. The van der Waals surface area contributed by atoms with Crippen LogP contribution < -0.4 is 4.74 Å². The molecule has 1 aliphatic rings. The van der Waals surface area contributed by atoms with E-state index in [0.29, 0.717) is 13.0 Å². The van der Waals surface area contributed by atoms with Crippen LogP contribution >= 0.6 is 45.2 Å². The Morgan fingerprint density at radius 1 is 1.02 bits per heavy atom. The van der Waals surface area contributed by atoms with Gasteiger partial charge < -0.3 is 28.9 Å². The standard InChI is InChI=1S/C27H41I2N5O6/c1-26(2,3)39-23(35)30-22(33-17-31(7)24(36)32(8)18-33)34(25(37)40-27(4,5)6)14-12-19-10-11-21(20(29)16-19)38-15-9-13-28/h10-11,16H,9,12-15,17-18H2,1-8H3. The molecule has 11 nitrogen and oxygen atoms in total. The van der Waals surface area contributed by atoms with Crippen molar-refractivity contribution >= 4 is 69.4 Å². The topological polar surface area (TPSA) is 104 Å². The molecule has 1 aromatic carbocycles. The first-order valence-electron chi connectivity index (χ1n) is 13.0. The van der Waals surface area contributed by atoms with Crippen LogP contribution in [0.5, 0.6) is 5.75 Å². The number of guanidine groups is 1. The molecule has 0 N–H and O–H groups in total. The second kappa shape index (κ2) is 14.7. The molecule has 13 heteroatoms. The van der Waals surface area contributed by atoms with Crippen molar-refractivity contribution in [3.05, 3.63) is 27.3 Å². The molecule has 1 heterocycles. The minimum Gasteiger partial charge on any atom is -0.492 e. The SMILES string of the molecule is CN1CN(C(=NC(=O)OC(C)(C)C)N(CCc2ccc(OCCCI)c(I)c2)C(=O)OC(C)(C)C)CN(C)C1=O. The van der Waals surface area contributed by atoms with Crippen molar-refractivity contribution in [2.45, 2.75) is 65.6 Å². The Kier molecular flexibility index (Phi) is 12.6. The molecule has 0 unspecified atom stereocenters. The lowest BCUT2D eigenvalue weighted by Crippen LogP contribution is -2.61. The predicted molar refractivity (Wildman–Crippen MR) is 171 cm³/mol. The van der Waals surface area contributed by atoms with Gasteiger partial charge in [0.15, 0.2) is 0 Å². The number of halogens is 2. The summed E-state index contributed by atoms with van der Waals surface area (Å²) in [6.07, 6.45) is -0.0869. The third-order valence-electron chi connectivity index (χ3n) is 5.30. The van der Waals surface area contributed by atoms with Gasteiger partial charge in [0.25, 0.3) is 0 Å². The Labute approximate surface area is 264 Å². The fourth-order valence-corrected chi connectivity index (χ4v) is 4.70. The Balaban J connectivity index is 2.44. The van der Waals surface area contributed by atoms with Gasteiger partial charge in [-0.1, -0.05) is 28.7 Å². The number of hydrogen-bond acceptors (Lipinski definition) is 6. The first-order valence-corrected chi connectivity index (χ1v) is 15.6. The number of rotatable bonds is 7. The quantitative estimate of drug-likeness (QED) is 0.114. The van der Waals surface area contributed by atoms with E-state index in [1.165, 1.54) is 14.7 Å². The molecule has 4 amide bonds. The molecule has 0 atom stereocenters. The molecule has 2 rings (SSSR count). The maximum atomic E-state index is 13.6. The van der Waals surface area contributed by atoms with E-state index in [4.69, 9.17) is 14.2 Å². The number of alkyl halides is 1. The highest BCUT2D eigenvalue weighted by atomic mass is 127. The fraction of sp³-hybridized carbons (Fsp3) is 0.630. The molecular formula is C27H41I2N5O6. The number of ether oxygens (including phenoxy) is 3.